The Hall–Kier alpha value is -0.850. The van der Waals surface area contributed by atoms with Crippen LogP contribution in [-0.4, -0.2) is 30.4 Å². The van der Waals surface area contributed by atoms with E-state index in [1.807, 2.05) is 11.5 Å². The number of aromatic nitrogens is 1. The van der Waals surface area contributed by atoms with Crippen molar-refractivity contribution in [1.29, 1.82) is 0 Å². The van der Waals surface area contributed by atoms with Crippen molar-refractivity contribution in [2.45, 2.75) is 69.5 Å². The van der Waals surface area contributed by atoms with E-state index in [4.69, 9.17) is 5.73 Å². The second-order valence-corrected chi connectivity index (χ2v) is 7.82. The molecule has 0 radical (unpaired) electrons. The van der Waals surface area contributed by atoms with Crippen LogP contribution in [0.15, 0.2) is 17.2 Å². The molecule has 1 fully saturated rings. The number of nitrogens with zero attached hydrogens (tertiary/aromatic N) is 2. The Morgan fingerprint density at radius 2 is 1.90 bits per heavy atom. The third-order valence-corrected chi connectivity index (χ3v) is 6.40. The van der Waals surface area contributed by atoms with Gasteiger partial charge in [0.1, 0.15) is 4.90 Å². The van der Waals surface area contributed by atoms with Crippen molar-refractivity contribution in [2.24, 2.45) is 5.73 Å². The van der Waals surface area contributed by atoms with E-state index in [-0.39, 0.29) is 6.04 Å². The zero-order valence-electron chi connectivity index (χ0n) is 13.1. The Morgan fingerprint density at radius 1 is 1.29 bits per heavy atom. The monoisotopic (exact) mass is 313 g/mol. The Bertz CT molecular complexity index is 536. The highest BCUT2D eigenvalue weighted by atomic mass is 32.2. The van der Waals surface area contributed by atoms with Gasteiger partial charge in [0.15, 0.2) is 0 Å². The van der Waals surface area contributed by atoms with Crippen molar-refractivity contribution in [3.8, 4) is 0 Å². The summed E-state index contributed by atoms with van der Waals surface area (Å²) in [4.78, 5) is 0.372. The second kappa shape index (κ2) is 6.94. The lowest BCUT2D eigenvalue weighted by molar-refractivity contribution is 0.335. The molecule has 1 saturated carbocycles. The summed E-state index contributed by atoms with van der Waals surface area (Å²) < 4.78 is 29.1. The van der Waals surface area contributed by atoms with Crippen molar-refractivity contribution in [2.75, 3.05) is 7.05 Å². The van der Waals surface area contributed by atoms with E-state index in [1.165, 1.54) is 12.8 Å². The van der Waals surface area contributed by atoms with Crippen LogP contribution in [-0.2, 0) is 23.1 Å². The first kappa shape index (κ1) is 16.5. The molecule has 0 spiro atoms. The molecule has 0 aromatic carbocycles. The van der Waals surface area contributed by atoms with E-state index in [0.717, 1.165) is 37.9 Å². The number of hydrogen-bond donors (Lipinski definition) is 1. The summed E-state index contributed by atoms with van der Waals surface area (Å²) in [6.45, 7) is 3.08. The molecule has 5 nitrogen and oxygen atoms in total. The topological polar surface area (TPSA) is 68.3 Å². The van der Waals surface area contributed by atoms with E-state index in [2.05, 4.69) is 0 Å². The molecule has 1 aliphatic carbocycles. The average molecular weight is 313 g/mol. The molecule has 2 rings (SSSR count). The zero-order valence-corrected chi connectivity index (χ0v) is 13.9. The fourth-order valence-electron chi connectivity index (χ4n) is 3.12. The molecule has 0 saturated heterocycles. The summed E-state index contributed by atoms with van der Waals surface area (Å²) >= 11 is 0. The van der Waals surface area contributed by atoms with E-state index >= 15 is 0 Å². The quantitative estimate of drug-likeness (QED) is 0.848. The molecule has 0 unspecified atom stereocenters. The van der Waals surface area contributed by atoms with E-state index < -0.39 is 10.0 Å². The molecular formula is C15H27N3O2S. The smallest absolute Gasteiger partial charge is 0.244 e. The Morgan fingerprint density at radius 3 is 2.38 bits per heavy atom. The van der Waals surface area contributed by atoms with Crippen LogP contribution in [0.1, 0.15) is 51.1 Å². The van der Waals surface area contributed by atoms with Crippen molar-refractivity contribution >= 4 is 10.0 Å². The SMILES string of the molecule is CCn1cc(S(=O)(=O)N(C)C2CCCCCC2)cc1CN. The molecule has 1 aromatic heterocycles. The van der Waals surface area contributed by atoms with Gasteiger partial charge in [-0.15, -0.1) is 0 Å². The standard InChI is InChI=1S/C15H27N3O2S/c1-3-18-12-15(10-14(18)11-16)21(19,20)17(2)13-8-6-4-5-7-9-13/h10,12-13H,3-9,11,16H2,1-2H3. The summed E-state index contributed by atoms with van der Waals surface area (Å²) in [5.74, 6) is 0. The largest absolute Gasteiger partial charge is 0.349 e. The molecule has 0 aliphatic heterocycles. The van der Waals surface area contributed by atoms with Crippen LogP contribution in [0.5, 0.6) is 0 Å². The summed E-state index contributed by atoms with van der Waals surface area (Å²) in [5, 5.41) is 0. The third kappa shape index (κ3) is 3.49. The average Bonchev–Trinajstić information content (AvgIpc) is 2.73. The van der Waals surface area contributed by atoms with Crippen LogP contribution < -0.4 is 5.73 Å². The highest BCUT2D eigenvalue weighted by molar-refractivity contribution is 7.89. The van der Waals surface area contributed by atoms with Gasteiger partial charge in [-0.2, -0.15) is 4.31 Å². The normalized spacial score (nSPS) is 18.1. The van der Waals surface area contributed by atoms with Gasteiger partial charge in [0.2, 0.25) is 10.0 Å². The molecule has 1 aliphatic rings. The van der Waals surface area contributed by atoms with Crippen LogP contribution in [0.4, 0.5) is 0 Å². The van der Waals surface area contributed by atoms with Gasteiger partial charge in [-0.25, -0.2) is 8.42 Å². The third-order valence-electron chi connectivity index (χ3n) is 4.53. The zero-order chi connectivity index (χ0) is 15.5. The molecule has 21 heavy (non-hydrogen) atoms. The van der Waals surface area contributed by atoms with E-state index in [9.17, 15) is 8.42 Å². The minimum absolute atomic E-state index is 0.129. The van der Waals surface area contributed by atoms with Gasteiger partial charge < -0.3 is 10.3 Å². The molecule has 0 atom stereocenters. The maximum atomic E-state index is 12.8. The summed E-state index contributed by atoms with van der Waals surface area (Å²) in [7, 11) is -1.70. The Labute approximate surface area is 128 Å². The molecule has 2 N–H and O–H groups in total. The van der Waals surface area contributed by atoms with E-state index in [0.29, 0.717) is 11.4 Å². The molecule has 1 aromatic rings. The van der Waals surface area contributed by atoms with Gasteiger partial charge in [0, 0.05) is 38.1 Å². The minimum atomic E-state index is -3.42. The van der Waals surface area contributed by atoms with Gasteiger partial charge in [-0.05, 0) is 25.8 Å². The molecular weight excluding hydrogens is 286 g/mol. The second-order valence-electron chi connectivity index (χ2n) is 5.82. The fourth-order valence-corrected chi connectivity index (χ4v) is 4.60. The molecule has 6 heteroatoms. The van der Waals surface area contributed by atoms with Crippen molar-refractivity contribution < 1.29 is 8.42 Å². The summed E-state index contributed by atoms with van der Waals surface area (Å²) in [6.07, 6.45) is 8.32. The lowest BCUT2D eigenvalue weighted by Gasteiger charge is -2.26. The molecule has 120 valence electrons. The van der Waals surface area contributed by atoms with Crippen LogP contribution in [0.25, 0.3) is 0 Å². The fraction of sp³-hybridized carbons (Fsp3) is 0.733. The number of sulfonamides is 1. The van der Waals surface area contributed by atoms with Crippen molar-refractivity contribution in [1.82, 2.24) is 8.87 Å². The number of aryl methyl sites for hydroxylation is 1. The lowest BCUT2D eigenvalue weighted by Crippen LogP contribution is -2.36. The Kier molecular flexibility index (Phi) is 5.46. The number of rotatable bonds is 5. The molecule has 0 amide bonds. The highest BCUT2D eigenvalue weighted by Crippen LogP contribution is 2.26. The van der Waals surface area contributed by atoms with E-state index in [1.54, 1.807) is 23.6 Å². The first-order chi connectivity index (χ1) is 10.0. The number of hydrogen-bond acceptors (Lipinski definition) is 3. The lowest BCUT2D eigenvalue weighted by atomic mass is 10.1. The van der Waals surface area contributed by atoms with Crippen LogP contribution >= 0.6 is 0 Å². The maximum Gasteiger partial charge on any atom is 0.244 e. The van der Waals surface area contributed by atoms with Gasteiger partial charge in [-0.1, -0.05) is 25.7 Å². The van der Waals surface area contributed by atoms with Gasteiger partial charge >= 0.3 is 0 Å². The van der Waals surface area contributed by atoms with Gasteiger partial charge in [-0.3, -0.25) is 0 Å². The van der Waals surface area contributed by atoms with Crippen LogP contribution in [0.2, 0.25) is 0 Å². The maximum absolute atomic E-state index is 12.8. The first-order valence-corrected chi connectivity index (χ1v) is 9.31. The van der Waals surface area contributed by atoms with Crippen molar-refractivity contribution in [3.63, 3.8) is 0 Å². The van der Waals surface area contributed by atoms with Crippen LogP contribution in [0.3, 0.4) is 0 Å². The summed E-state index contributed by atoms with van der Waals surface area (Å²) in [5.41, 5.74) is 6.56. The molecule has 0 bridgehead atoms. The predicted octanol–water partition coefficient (Wildman–Crippen LogP) is 2.31. The van der Waals surface area contributed by atoms with Gasteiger partial charge in [0.05, 0.1) is 0 Å². The predicted molar refractivity (Wildman–Crippen MR) is 84.4 cm³/mol. The number of nitrogens with two attached hydrogens (primary N) is 1. The summed E-state index contributed by atoms with van der Waals surface area (Å²) in [6, 6.07) is 1.84. The van der Waals surface area contributed by atoms with Crippen LogP contribution in [0, 0.1) is 0 Å². The molecule has 1 heterocycles. The Balaban J connectivity index is 2.25. The van der Waals surface area contributed by atoms with Gasteiger partial charge in [0.25, 0.3) is 0 Å². The minimum Gasteiger partial charge on any atom is -0.349 e. The highest BCUT2D eigenvalue weighted by Gasteiger charge is 2.29. The first-order valence-electron chi connectivity index (χ1n) is 7.87. The van der Waals surface area contributed by atoms with Crippen molar-refractivity contribution in [3.05, 3.63) is 18.0 Å².